The number of benzene rings is 2. The van der Waals surface area contributed by atoms with Crippen LogP contribution in [0, 0.1) is 11.3 Å². The summed E-state index contributed by atoms with van der Waals surface area (Å²) in [5.74, 6) is -0.182. The molecule has 0 aromatic heterocycles. The highest BCUT2D eigenvalue weighted by Crippen LogP contribution is 2.32. The molecular weight excluding hydrogens is 362 g/mol. The van der Waals surface area contributed by atoms with Gasteiger partial charge in [0.15, 0.2) is 0 Å². The molecule has 0 spiro atoms. The number of hydrogen-bond donors (Lipinski definition) is 1. The summed E-state index contributed by atoms with van der Waals surface area (Å²) in [6.07, 6.45) is 2.09. The highest BCUT2D eigenvalue weighted by Gasteiger charge is 2.26. The van der Waals surface area contributed by atoms with Crippen molar-refractivity contribution < 1.29 is 13.2 Å². The van der Waals surface area contributed by atoms with Crippen molar-refractivity contribution in [3.05, 3.63) is 59.2 Å². The fourth-order valence-electron chi connectivity index (χ4n) is 3.23. The number of aryl methyl sites for hydroxylation is 1. The van der Waals surface area contributed by atoms with Crippen molar-refractivity contribution in [1.82, 2.24) is 0 Å². The van der Waals surface area contributed by atoms with Gasteiger partial charge in [0.25, 0.3) is 5.91 Å². The highest BCUT2D eigenvalue weighted by molar-refractivity contribution is 7.92. The number of nitrogens with zero attached hydrogens (tertiary/aromatic N) is 2. The van der Waals surface area contributed by atoms with Gasteiger partial charge in [-0.1, -0.05) is 13.0 Å². The monoisotopic (exact) mass is 383 g/mol. The van der Waals surface area contributed by atoms with Crippen LogP contribution in [0.5, 0.6) is 0 Å². The lowest BCUT2D eigenvalue weighted by atomic mass is 10.0. The van der Waals surface area contributed by atoms with E-state index in [1.807, 2.05) is 19.1 Å². The number of amides is 1. The summed E-state index contributed by atoms with van der Waals surface area (Å²) in [5, 5.41) is 11.8. The van der Waals surface area contributed by atoms with E-state index in [1.165, 1.54) is 10.4 Å². The van der Waals surface area contributed by atoms with Crippen LogP contribution in [-0.4, -0.2) is 26.6 Å². The van der Waals surface area contributed by atoms with Gasteiger partial charge in [0.05, 0.1) is 23.1 Å². The van der Waals surface area contributed by atoms with E-state index in [-0.39, 0.29) is 11.7 Å². The van der Waals surface area contributed by atoms with Gasteiger partial charge in [-0.2, -0.15) is 5.26 Å². The Balaban J connectivity index is 1.84. The van der Waals surface area contributed by atoms with Crippen LogP contribution in [0.1, 0.15) is 41.3 Å². The maximum Gasteiger partial charge on any atom is 0.255 e. The van der Waals surface area contributed by atoms with Crippen molar-refractivity contribution >= 4 is 27.3 Å². The molecule has 1 heterocycles. The number of hydrogen-bond acceptors (Lipinski definition) is 4. The van der Waals surface area contributed by atoms with Gasteiger partial charge in [0.1, 0.15) is 0 Å². The van der Waals surface area contributed by atoms with Crippen LogP contribution < -0.4 is 9.62 Å². The number of carbonyl (C=O) groups excluding carboxylic acids is 1. The number of nitriles is 1. The molecule has 140 valence electrons. The smallest absolute Gasteiger partial charge is 0.255 e. The van der Waals surface area contributed by atoms with Crippen molar-refractivity contribution in [2.24, 2.45) is 0 Å². The minimum atomic E-state index is -3.32. The first-order chi connectivity index (χ1) is 12.9. The molecule has 0 saturated heterocycles. The Bertz CT molecular complexity index is 1010. The average Bonchev–Trinajstić information content (AvgIpc) is 2.67. The Morgan fingerprint density at radius 3 is 2.81 bits per heavy atom. The van der Waals surface area contributed by atoms with Crippen molar-refractivity contribution in [3.63, 3.8) is 0 Å². The second-order valence-electron chi connectivity index (χ2n) is 6.48. The molecule has 2 aromatic carbocycles. The molecule has 0 saturated carbocycles. The summed E-state index contributed by atoms with van der Waals surface area (Å²) < 4.78 is 26.5. The molecule has 27 heavy (non-hydrogen) atoms. The Kier molecular flexibility index (Phi) is 5.47. The normalized spacial score (nSPS) is 13.6. The van der Waals surface area contributed by atoms with Crippen molar-refractivity contribution in [2.75, 3.05) is 21.9 Å². The quantitative estimate of drug-likeness (QED) is 0.858. The second kappa shape index (κ2) is 7.80. The second-order valence-corrected chi connectivity index (χ2v) is 8.49. The maximum absolute atomic E-state index is 12.5. The van der Waals surface area contributed by atoms with E-state index in [1.54, 1.807) is 30.3 Å². The molecule has 1 aliphatic rings. The Morgan fingerprint density at radius 2 is 2.07 bits per heavy atom. The average molecular weight is 383 g/mol. The summed E-state index contributed by atoms with van der Waals surface area (Å²) in [6.45, 7) is 2.34. The first-order valence-corrected chi connectivity index (χ1v) is 10.5. The molecule has 7 heteroatoms. The lowest BCUT2D eigenvalue weighted by Gasteiger charge is -2.30. The molecule has 0 atom stereocenters. The Morgan fingerprint density at radius 1 is 1.26 bits per heavy atom. The summed E-state index contributed by atoms with van der Waals surface area (Å²) in [6, 6.07) is 13.8. The van der Waals surface area contributed by atoms with Gasteiger partial charge in [0, 0.05) is 17.8 Å². The van der Waals surface area contributed by atoms with Crippen LogP contribution in [0.25, 0.3) is 0 Å². The number of fused-ring (bicyclic) bond motifs is 1. The van der Waals surface area contributed by atoms with Crippen LogP contribution in [0.4, 0.5) is 11.4 Å². The van der Waals surface area contributed by atoms with Crippen LogP contribution in [-0.2, 0) is 16.4 Å². The zero-order valence-electron chi connectivity index (χ0n) is 15.1. The molecule has 1 amide bonds. The Labute approximate surface area is 159 Å². The molecule has 2 aromatic rings. The molecule has 6 nitrogen and oxygen atoms in total. The molecule has 0 unspecified atom stereocenters. The summed E-state index contributed by atoms with van der Waals surface area (Å²) in [7, 11) is -3.32. The van der Waals surface area contributed by atoms with E-state index >= 15 is 0 Å². The van der Waals surface area contributed by atoms with Gasteiger partial charge >= 0.3 is 0 Å². The Hall–Kier alpha value is -2.85. The number of sulfonamides is 1. The minimum absolute atomic E-state index is 0.125. The molecular formula is C20H21N3O3S. The third kappa shape index (κ3) is 4.12. The van der Waals surface area contributed by atoms with Gasteiger partial charge < -0.3 is 5.32 Å². The highest BCUT2D eigenvalue weighted by atomic mass is 32.2. The molecule has 1 N–H and O–H groups in total. The lowest BCUT2D eigenvalue weighted by molar-refractivity contribution is 0.102. The van der Waals surface area contributed by atoms with Gasteiger partial charge in [-0.15, -0.1) is 0 Å². The fourth-order valence-corrected chi connectivity index (χ4v) is 4.85. The minimum Gasteiger partial charge on any atom is -0.322 e. The van der Waals surface area contributed by atoms with Gasteiger partial charge in [-0.25, -0.2) is 8.42 Å². The zero-order chi connectivity index (χ0) is 19.4. The van der Waals surface area contributed by atoms with E-state index in [4.69, 9.17) is 5.26 Å². The number of nitrogens with one attached hydrogen (secondary N) is 1. The largest absolute Gasteiger partial charge is 0.322 e. The molecule has 1 aliphatic heterocycles. The maximum atomic E-state index is 12.5. The molecule has 0 bridgehead atoms. The van der Waals surface area contributed by atoms with Crippen molar-refractivity contribution in [3.8, 4) is 6.07 Å². The van der Waals surface area contributed by atoms with Gasteiger partial charge in [0.2, 0.25) is 10.0 Å². The van der Waals surface area contributed by atoms with E-state index in [0.29, 0.717) is 35.5 Å². The fraction of sp³-hybridized carbons (Fsp3) is 0.300. The third-order valence-corrected chi connectivity index (χ3v) is 6.44. The van der Waals surface area contributed by atoms with Crippen LogP contribution in [0.3, 0.4) is 0 Å². The lowest BCUT2D eigenvalue weighted by Crippen LogP contribution is -2.37. The van der Waals surface area contributed by atoms with E-state index in [2.05, 4.69) is 5.32 Å². The third-order valence-electron chi connectivity index (χ3n) is 4.47. The first-order valence-electron chi connectivity index (χ1n) is 8.89. The molecule has 0 aliphatic carbocycles. The van der Waals surface area contributed by atoms with Crippen molar-refractivity contribution in [1.29, 1.82) is 5.26 Å². The van der Waals surface area contributed by atoms with Crippen molar-refractivity contribution in [2.45, 2.75) is 26.2 Å². The standard InChI is InChI=1S/C20H21N3O3S/c1-2-11-27(25,26)23-10-4-7-16-13-18(8-9-19(16)23)22-20(24)17-6-3-5-15(12-17)14-21/h3,5-6,8-9,12-13H,2,4,7,10-11H2,1H3,(H,22,24). The first kappa shape index (κ1) is 18.9. The predicted molar refractivity (Wildman–Crippen MR) is 105 cm³/mol. The van der Waals surface area contributed by atoms with E-state index in [0.717, 1.165) is 18.4 Å². The van der Waals surface area contributed by atoms with Crippen LogP contribution in [0.15, 0.2) is 42.5 Å². The van der Waals surface area contributed by atoms with Gasteiger partial charge in [-0.3, -0.25) is 9.10 Å². The summed E-state index contributed by atoms with van der Waals surface area (Å²) in [4.78, 5) is 12.4. The SMILES string of the molecule is CCCS(=O)(=O)N1CCCc2cc(NC(=O)c3cccc(C#N)c3)ccc21. The topological polar surface area (TPSA) is 90.3 Å². The molecule has 0 fully saturated rings. The van der Waals surface area contributed by atoms with Gasteiger partial charge in [-0.05, 0) is 61.2 Å². The number of carbonyl (C=O) groups is 1. The van der Waals surface area contributed by atoms with E-state index in [9.17, 15) is 13.2 Å². The number of rotatable bonds is 5. The van der Waals surface area contributed by atoms with Crippen LogP contribution in [0.2, 0.25) is 0 Å². The van der Waals surface area contributed by atoms with Crippen LogP contribution >= 0.6 is 0 Å². The van der Waals surface area contributed by atoms with E-state index < -0.39 is 10.0 Å². The summed E-state index contributed by atoms with van der Waals surface area (Å²) in [5.41, 5.74) is 3.03. The number of anilines is 2. The summed E-state index contributed by atoms with van der Waals surface area (Å²) >= 11 is 0. The molecule has 0 radical (unpaired) electrons. The zero-order valence-corrected chi connectivity index (χ0v) is 15.9. The molecule has 3 rings (SSSR count). The predicted octanol–water partition coefficient (Wildman–Crippen LogP) is 3.30.